The monoisotopic (exact) mass is 390 g/mol. The van der Waals surface area contributed by atoms with Gasteiger partial charge in [0.25, 0.3) is 0 Å². The number of nitrogens with zero attached hydrogens (tertiary/aromatic N) is 2. The van der Waals surface area contributed by atoms with Gasteiger partial charge >= 0.3 is 0 Å². The lowest BCUT2D eigenvalue weighted by molar-refractivity contribution is 0.535. The van der Waals surface area contributed by atoms with Crippen molar-refractivity contribution in [2.75, 3.05) is 14.1 Å². The molecule has 0 fully saturated rings. The lowest BCUT2D eigenvalue weighted by atomic mass is 10.0. The maximum atomic E-state index is 4.86. The van der Waals surface area contributed by atoms with Crippen molar-refractivity contribution >= 4 is 5.84 Å². The van der Waals surface area contributed by atoms with Gasteiger partial charge in [-0.1, -0.05) is 103 Å². The molecule has 0 saturated heterocycles. The highest BCUT2D eigenvalue weighted by atomic mass is 15.1. The summed E-state index contributed by atoms with van der Waals surface area (Å²) in [5.41, 5.74) is 2.56. The molecule has 0 unspecified atom stereocenters. The Morgan fingerprint density at radius 2 is 1.14 bits per heavy atom. The predicted octanol–water partition coefficient (Wildman–Crippen LogP) is 8.69. The molecule has 0 aromatic rings. The van der Waals surface area contributed by atoms with Gasteiger partial charge in [0, 0.05) is 19.8 Å². The summed E-state index contributed by atoms with van der Waals surface area (Å²) in [7, 11) is 4.13. The fourth-order valence-electron chi connectivity index (χ4n) is 3.47. The topological polar surface area (TPSA) is 15.6 Å². The summed E-state index contributed by atoms with van der Waals surface area (Å²) in [6.07, 6.45) is 25.1. The molecule has 0 bridgehead atoms. The molecule has 164 valence electrons. The van der Waals surface area contributed by atoms with Crippen LogP contribution in [-0.2, 0) is 0 Å². The predicted molar refractivity (Wildman–Crippen MR) is 129 cm³/mol. The molecule has 2 heteroatoms. The third-order valence-electron chi connectivity index (χ3n) is 5.58. The zero-order valence-electron chi connectivity index (χ0n) is 20.2. The van der Waals surface area contributed by atoms with Crippen LogP contribution >= 0.6 is 0 Å². The number of rotatable bonds is 17. The van der Waals surface area contributed by atoms with Crippen LogP contribution in [0, 0.1) is 0 Å². The van der Waals surface area contributed by atoms with Gasteiger partial charge in [0.1, 0.15) is 5.84 Å². The van der Waals surface area contributed by atoms with Crippen LogP contribution in [0.4, 0.5) is 0 Å². The second-order valence-corrected chi connectivity index (χ2v) is 8.53. The molecule has 0 rings (SSSR count). The molecular formula is C26H50N2. The third kappa shape index (κ3) is 16.0. The normalized spacial score (nSPS) is 13.3. The van der Waals surface area contributed by atoms with Crippen molar-refractivity contribution in [1.29, 1.82) is 0 Å². The fourth-order valence-corrected chi connectivity index (χ4v) is 3.47. The lowest BCUT2D eigenvalue weighted by Crippen LogP contribution is -2.18. The molecule has 0 spiro atoms. The van der Waals surface area contributed by atoms with E-state index in [0.717, 1.165) is 12.3 Å². The molecule has 0 radical (unpaired) electrons. The van der Waals surface area contributed by atoms with Crippen molar-refractivity contribution in [3.63, 3.8) is 0 Å². The van der Waals surface area contributed by atoms with Crippen LogP contribution < -0.4 is 0 Å². The Labute approximate surface area is 177 Å². The Kier molecular flexibility index (Phi) is 18.6. The van der Waals surface area contributed by atoms with Crippen LogP contribution in [0.15, 0.2) is 28.4 Å². The molecule has 2 nitrogen and oxygen atoms in total. The smallest absolute Gasteiger partial charge is 0.101 e. The fraction of sp³-hybridized carbons (Fsp3) is 0.808. The van der Waals surface area contributed by atoms with E-state index in [1.54, 1.807) is 0 Å². The highest BCUT2D eigenvalue weighted by molar-refractivity contribution is 5.80. The summed E-state index contributed by atoms with van der Waals surface area (Å²) >= 11 is 0. The van der Waals surface area contributed by atoms with E-state index in [4.69, 9.17) is 4.99 Å². The average Bonchev–Trinajstić information content (AvgIpc) is 2.67. The molecule has 0 atom stereocenters. The first kappa shape index (κ1) is 27.0. The van der Waals surface area contributed by atoms with E-state index in [2.05, 4.69) is 58.8 Å². The first-order valence-electron chi connectivity index (χ1n) is 12.1. The maximum absolute atomic E-state index is 4.86. The van der Waals surface area contributed by atoms with Crippen molar-refractivity contribution in [3.05, 3.63) is 23.4 Å². The molecule has 0 aromatic heterocycles. The number of hydrogen-bond donors (Lipinski definition) is 0. The van der Waals surface area contributed by atoms with Gasteiger partial charge in [0.05, 0.1) is 0 Å². The van der Waals surface area contributed by atoms with Gasteiger partial charge in [-0.2, -0.15) is 0 Å². The van der Waals surface area contributed by atoms with Crippen molar-refractivity contribution in [2.45, 2.75) is 124 Å². The van der Waals surface area contributed by atoms with Gasteiger partial charge in [-0.05, 0) is 39.2 Å². The lowest BCUT2D eigenvalue weighted by Gasteiger charge is -2.13. The summed E-state index contributed by atoms with van der Waals surface area (Å²) in [6.45, 7) is 8.65. The van der Waals surface area contributed by atoms with Crippen LogP contribution in [0.1, 0.15) is 124 Å². The molecule has 0 saturated carbocycles. The zero-order chi connectivity index (χ0) is 21.0. The summed E-state index contributed by atoms with van der Waals surface area (Å²) in [5.74, 6) is 1.09. The maximum Gasteiger partial charge on any atom is 0.101 e. The van der Waals surface area contributed by atoms with Crippen LogP contribution in [0.5, 0.6) is 0 Å². The minimum Gasteiger partial charge on any atom is -0.366 e. The van der Waals surface area contributed by atoms with Crippen LogP contribution in [0.2, 0.25) is 0 Å². The third-order valence-corrected chi connectivity index (χ3v) is 5.58. The molecule has 0 amide bonds. The Balaban J connectivity index is 3.81. The number of allylic oxidation sites excluding steroid dienone is 4. The number of amidine groups is 1. The Hall–Kier alpha value is -1.05. The van der Waals surface area contributed by atoms with Crippen LogP contribution in [-0.4, -0.2) is 24.8 Å². The van der Waals surface area contributed by atoms with Crippen LogP contribution in [0.3, 0.4) is 0 Å². The van der Waals surface area contributed by atoms with E-state index in [-0.39, 0.29) is 0 Å². The second kappa shape index (κ2) is 19.3. The van der Waals surface area contributed by atoms with Gasteiger partial charge < -0.3 is 4.90 Å². The molecule has 0 heterocycles. The number of hydrogen-bond acceptors (Lipinski definition) is 1. The SMILES string of the molecule is C/C=C/C(C)=C(/CCCCCCCCCCCCCCCC)N=C(C)N(C)C. The van der Waals surface area contributed by atoms with Crippen molar-refractivity contribution in [3.8, 4) is 0 Å². The van der Waals surface area contributed by atoms with Gasteiger partial charge in [-0.15, -0.1) is 0 Å². The summed E-state index contributed by atoms with van der Waals surface area (Å²) in [5, 5.41) is 0. The molecule has 0 aliphatic rings. The van der Waals surface area contributed by atoms with Gasteiger partial charge in [-0.25, -0.2) is 4.99 Å². The highest BCUT2D eigenvalue weighted by Crippen LogP contribution is 2.18. The van der Waals surface area contributed by atoms with E-state index in [1.165, 1.54) is 101 Å². The first-order valence-corrected chi connectivity index (χ1v) is 12.1. The molecule has 0 aliphatic heterocycles. The molecule has 0 N–H and O–H groups in total. The summed E-state index contributed by atoms with van der Waals surface area (Å²) < 4.78 is 0. The minimum absolute atomic E-state index is 1.09. The van der Waals surface area contributed by atoms with Crippen molar-refractivity contribution in [1.82, 2.24) is 4.90 Å². The molecular weight excluding hydrogens is 340 g/mol. The highest BCUT2D eigenvalue weighted by Gasteiger charge is 2.03. The average molecular weight is 391 g/mol. The molecule has 28 heavy (non-hydrogen) atoms. The van der Waals surface area contributed by atoms with Crippen molar-refractivity contribution < 1.29 is 0 Å². The van der Waals surface area contributed by atoms with E-state index in [1.807, 2.05) is 0 Å². The van der Waals surface area contributed by atoms with Gasteiger partial charge in [0.15, 0.2) is 0 Å². The Morgan fingerprint density at radius 3 is 1.54 bits per heavy atom. The van der Waals surface area contributed by atoms with E-state index in [0.29, 0.717) is 0 Å². The number of unbranched alkanes of at least 4 members (excludes halogenated alkanes) is 13. The zero-order valence-corrected chi connectivity index (χ0v) is 20.2. The van der Waals surface area contributed by atoms with E-state index < -0.39 is 0 Å². The number of aliphatic imine (C=N–C) groups is 1. The Bertz CT molecular complexity index is 443. The largest absolute Gasteiger partial charge is 0.366 e. The minimum atomic E-state index is 1.09. The summed E-state index contributed by atoms with van der Waals surface area (Å²) in [4.78, 5) is 6.96. The van der Waals surface area contributed by atoms with Gasteiger partial charge in [0.2, 0.25) is 0 Å². The van der Waals surface area contributed by atoms with Crippen molar-refractivity contribution in [2.24, 2.45) is 4.99 Å². The standard InChI is InChI=1S/C26H50N2/c1-7-9-10-11-12-13-14-15-16-17-18-19-20-21-23-26(24(3)22-8-2)27-25(4)28(5)6/h8,22H,7,9-21,23H2,1-6H3/b22-8+,26-24-,27-25?. The van der Waals surface area contributed by atoms with E-state index in [9.17, 15) is 0 Å². The second-order valence-electron chi connectivity index (χ2n) is 8.53. The summed E-state index contributed by atoms with van der Waals surface area (Å²) in [6, 6.07) is 0. The molecule has 0 aromatic carbocycles. The first-order chi connectivity index (χ1) is 13.5. The van der Waals surface area contributed by atoms with Crippen LogP contribution in [0.25, 0.3) is 0 Å². The van der Waals surface area contributed by atoms with Gasteiger partial charge in [-0.3, -0.25) is 0 Å². The molecule has 0 aliphatic carbocycles. The van der Waals surface area contributed by atoms with E-state index >= 15 is 0 Å². The Morgan fingerprint density at radius 1 is 0.714 bits per heavy atom. The quantitative estimate of drug-likeness (QED) is 0.105.